The first kappa shape index (κ1) is 30.8. The predicted molar refractivity (Wildman–Crippen MR) is 171 cm³/mol. The van der Waals surface area contributed by atoms with E-state index in [1.807, 2.05) is 23.1 Å². The summed E-state index contributed by atoms with van der Waals surface area (Å²) in [5.41, 5.74) is 2.85. The van der Waals surface area contributed by atoms with Crippen LogP contribution in [0.15, 0.2) is 56.9 Å². The number of hydrogen-bond donors (Lipinski definition) is 2. The third-order valence-electron chi connectivity index (χ3n) is 9.15. The van der Waals surface area contributed by atoms with Crippen molar-refractivity contribution in [2.45, 2.75) is 89.2 Å². The fraction of sp³-hybridized carbons (Fsp3) is 0.455. The molecule has 1 saturated heterocycles. The summed E-state index contributed by atoms with van der Waals surface area (Å²) in [4.78, 5) is 35.1. The van der Waals surface area contributed by atoms with Gasteiger partial charge in [0.2, 0.25) is 0 Å². The SMILES string of the molecule is CCCCC1=NC2(CCCC2)C(=O)N1Cc1ccc(-c2ccccc2S(=O)(=O)Nc2noc(C)c2C)c(CN2CCNC2=O)c1. The van der Waals surface area contributed by atoms with Crippen molar-refractivity contribution in [2.75, 3.05) is 17.8 Å². The highest BCUT2D eigenvalue weighted by Crippen LogP contribution is 2.40. The number of anilines is 1. The lowest BCUT2D eigenvalue weighted by atomic mass is 9.96. The quantitative estimate of drug-likeness (QED) is 0.285. The van der Waals surface area contributed by atoms with Gasteiger partial charge in [0.15, 0.2) is 5.82 Å². The molecule has 1 spiro atoms. The van der Waals surface area contributed by atoms with Crippen molar-refractivity contribution < 1.29 is 22.5 Å². The van der Waals surface area contributed by atoms with Crippen molar-refractivity contribution in [3.05, 3.63) is 64.9 Å². The number of amidine groups is 1. The summed E-state index contributed by atoms with van der Waals surface area (Å²) in [5, 5.41) is 6.73. The van der Waals surface area contributed by atoms with Crippen molar-refractivity contribution in [3.8, 4) is 11.1 Å². The van der Waals surface area contributed by atoms with Gasteiger partial charge < -0.3 is 14.7 Å². The summed E-state index contributed by atoms with van der Waals surface area (Å²) in [6, 6.07) is 12.5. The summed E-state index contributed by atoms with van der Waals surface area (Å²) < 4.78 is 35.2. The Morgan fingerprint density at radius 1 is 1.04 bits per heavy atom. The molecule has 2 aromatic carbocycles. The zero-order chi connectivity index (χ0) is 31.8. The van der Waals surface area contributed by atoms with Gasteiger partial charge >= 0.3 is 6.03 Å². The molecule has 11 nitrogen and oxygen atoms in total. The van der Waals surface area contributed by atoms with Crippen molar-refractivity contribution in [3.63, 3.8) is 0 Å². The van der Waals surface area contributed by atoms with Crippen molar-refractivity contribution in [2.24, 2.45) is 4.99 Å². The van der Waals surface area contributed by atoms with Gasteiger partial charge in [-0.3, -0.25) is 19.4 Å². The first-order chi connectivity index (χ1) is 21.6. The highest BCUT2D eigenvalue weighted by atomic mass is 32.2. The van der Waals surface area contributed by atoms with Crippen LogP contribution in [-0.2, 0) is 27.9 Å². The van der Waals surface area contributed by atoms with E-state index < -0.39 is 15.6 Å². The molecule has 0 atom stereocenters. The second-order valence-electron chi connectivity index (χ2n) is 12.2. The van der Waals surface area contributed by atoms with Gasteiger partial charge in [-0.15, -0.1) is 0 Å². The van der Waals surface area contributed by atoms with Crippen LogP contribution in [0.5, 0.6) is 0 Å². The van der Waals surface area contributed by atoms with Crippen LogP contribution < -0.4 is 10.0 Å². The zero-order valence-corrected chi connectivity index (χ0v) is 26.9. The number of unbranched alkanes of at least 4 members (excludes halogenated alkanes) is 1. The van der Waals surface area contributed by atoms with Gasteiger partial charge in [0.05, 0.1) is 11.4 Å². The lowest BCUT2D eigenvalue weighted by Crippen LogP contribution is -2.40. The lowest BCUT2D eigenvalue weighted by Gasteiger charge is -2.24. The number of nitrogens with one attached hydrogen (secondary N) is 2. The van der Waals surface area contributed by atoms with Crippen LogP contribution >= 0.6 is 0 Å². The Bertz CT molecular complexity index is 1760. The predicted octanol–water partition coefficient (Wildman–Crippen LogP) is 5.53. The van der Waals surface area contributed by atoms with Crippen LogP contribution in [-0.4, -0.2) is 59.8 Å². The molecule has 0 radical (unpaired) electrons. The van der Waals surface area contributed by atoms with E-state index in [9.17, 15) is 18.0 Å². The standard InChI is InChI=1S/C33H40N6O5S/c1-4-5-12-29-35-33(15-8-9-16-33)31(40)39(29)20-24-13-14-26(25(19-24)21-38-18-17-34-32(38)41)27-10-6-7-11-28(27)45(42,43)37-30-22(2)23(3)44-36-30/h6-7,10-11,13-14,19H,4-5,8-9,12,15-18,20-21H2,1-3H3,(H,34,41)(H,36,37). The number of sulfonamides is 1. The van der Waals surface area contributed by atoms with E-state index in [1.165, 1.54) is 0 Å². The number of rotatable bonds is 11. The molecule has 3 amide bonds. The smallest absolute Gasteiger partial charge is 0.317 e. The molecule has 2 fully saturated rings. The molecule has 1 aromatic heterocycles. The molecule has 6 rings (SSSR count). The molecular weight excluding hydrogens is 592 g/mol. The summed E-state index contributed by atoms with van der Waals surface area (Å²) in [6.07, 6.45) is 6.32. The molecule has 2 aliphatic heterocycles. The van der Waals surface area contributed by atoms with Gasteiger partial charge in [-0.2, -0.15) is 0 Å². The Morgan fingerprint density at radius 2 is 1.82 bits per heavy atom. The fourth-order valence-electron chi connectivity index (χ4n) is 6.51. The summed E-state index contributed by atoms with van der Waals surface area (Å²) in [6.45, 7) is 7.33. The topological polar surface area (TPSA) is 137 Å². The van der Waals surface area contributed by atoms with Gasteiger partial charge in [-0.25, -0.2) is 13.2 Å². The Morgan fingerprint density at radius 3 is 2.51 bits per heavy atom. The molecule has 1 aliphatic carbocycles. The molecule has 238 valence electrons. The van der Waals surface area contributed by atoms with E-state index in [0.29, 0.717) is 42.1 Å². The molecule has 1 saturated carbocycles. The number of urea groups is 1. The molecule has 3 heterocycles. The van der Waals surface area contributed by atoms with E-state index >= 15 is 0 Å². The fourth-order valence-corrected chi connectivity index (χ4v) is 7.79. The molecule has 2 N–H and O–H groups in total. The lowest BCUT2D eigenvalue weighted by molar-refractivity contribution is -0.131. The van der Waals surface area contributed by atoms with Crippen LogP contribution in [0, 0.1) is 13.8 Å². The number of carbonyl (C=O) groups excluding carboxylic acids is 2. The molecule has 3 aromatic rings. The monoisotopic (exact) mass is 632 g/mol. The van der Waals surface area contributed by atoms with E-state index in [4.69, 9.17) is 9.52 Å². The van der Waals surface area contributed by atoms with E-state index in [1.54, 1.807) is 43.0 Å². The first-order valence-electron chi connectivity index (χ1n) is 15.7. The van der Waals surface area contributed by atoms with Gasteiger partial charge in [-0.1, -0.05) is 67.7 Å². The van der Waals surface area contributed by atoms with Crippen LogP contribution in [0.1, 0.15) is 74.3 Å². The van der Waals surface area contributed by atoms with E-state index in [0.717, 1.165) is 61.9 Å². The molecule has 45 heavy (non-hydrogen) atoms. The van der Waals surface area contributed by atoms with Gasteiger partial charge in [0.1, 0.15) is 17.1 Å². The van der Waals surface area contributed by atoms with Gasteiger partial charge in [0.25, 0.3) is 15.9 Å². The normalized spacial score (nSPS) is 17.8. The Balaban J connectivity index is 1.37. The number of carbonyl (C=O) groups is 2. The minimum Gasteiger partial charge on any atom is -0.359 e. The number of aryl methyl sites for hydroxylation is 1. The molecule has 3 aliphatic rings. The maximum absolute atomic E-state index is 13.8. The summed E-state index contributed by atoms with van der Waals surface area (Å²) in [7, 11) is -4.06. The average molecular weight is 633 g/mol. The molecule has 12 heteroatoms. The summed E-state index contributed by atoms with van der Waals surface area (Å²) >= 11 is 0. The number of nitrogens with zero attached hydrogens (tertiary/aromatic N) is 4. The van der Waals surface area contributed by atoms with Crippen LogP contribution in [0.4, 0.5) is 10.6 Å². The van der Waals surface area contributed by atoms with Crippen LogP contribution in [0.25, 0.3) is 11.1 Å². The maximum Gasteiger partial charge on any atom is 0.317 e. The number of benzene rings is 2. The minimum absolute atomic E-state index is 0.0801. The van der Waals surface area contributed by atoms with Crippen LogP contribution in [0.3, 0.4) is 0 Å². The number of amides is 3. The van der Waals surface area contributed by atoms with Crippen molar-refractivity contribution in [1.29, 1.82) is 0 Å². The highest BCUT2D eigenvalue weighted by Gasteiger charge is 2.49. The largest absolute Gasteiger partial charge is 0.359 e. The second kappa shape index (κ2) is 12.3. The Kier molecular flexibility index (Phi) is 8.43. The number of aromatic nitrogens is 1. The van der Waals surface area contributed by atoms with Crippen molar-refractivity contribution >= 4 is 33.6 Å². The third kappa shape index (κ3) is 5.95. The summed E-state index contributed by atoms with van der Waals surface area (Å²) in [5.74, 6) is 1.61. The highest BCUT2D eigenvalue weighted by molar-refractivity contribution is 7.92. The maximum atomic E-state index is 13.8. The van der Waals surface area contributed by atoms with Crippen LogP contribution in [0.2, 0.25) is 0 Å². The van der Waals surface area contributed by atoms with Crippen molar-refractivity contribution in [1.82, 2.24) is 20.3 Å². The molecule has 0 unspecified atom stereocenters. The Hall–Kier alpha value is -4.19. The minimum atomic E-state index is -4.06. The van der Waals surface area contributed by atoms with Gasteiger partial charge in [0, 0.05) is 37.2 Å². The average Bonchev–Trinajstić information content (AvgIpc) is 3.80. The Labute approximate surface area is 264 Å². The zero-order valence-electron chi connectivity index (χ0n) is 26.1. The number of hydrogen-bond acceptors (Lipinski definition) is 7. The van der Waals surface area contributed by atoms with Gasteiger partial charge in [-0.05, 0) is 55.9 Å². The third-order valence-corrected chi connectivity index (χ3v) is 10.6. The number of aliphatic imine (C=N–C) groups is 1. The first-order valence-corrected chi connectivity index (χ1v) is 17.2. The molecular formula is C33H40N6O5S. The van der Waals surface area contributed by atoms with E-state index in [-0.39, 0.29) is 29.2 Å². The second-order valence-corrected chi connectivity index (χ2v) is 13.9. The van der Waals surface area contributed by atoms with E-state index in [2.05, 4.69) is 22.1 Å². The molecule has 0 bridgehead atoms.